The predicted octanol–water partition coefficient (Wildman–Crippen LogP) is 6.77. The van der Waals surface area contributed by atoms with Crippen LogP contribution in [0.4, 0.5) is 11.4 Å². The van der Waals surface area contributed by atoms with E-state index in [0.717, 1.165) is 39.7 Å². The van der Waals surface area contributed by atoms with Crippen molar-refractivity contribution in [2.24, 2.45) is 5.73 Å². The van der Waals surface area contributed by atoms with Crippen molar-refractivity contribution in [1.82, 2.24) is 0 Å². The Bertz CT molecular complexity index is 1050. The van der Waals surface area contributed by atoms with E-state index in [4.69, 9.17) is 17.4 Å². The van der Waals surface area contributed by atoms with E-state index < -0.39 is 5.97 Å². The number of rotatable bonds is 5. The molecular formula is C27H34N2O3S. The molecule has 0 saturated carbocycles. The zero-order chi connectivity index (χ0) is 24.4. The molecule has 0 atom stereocenters. The van der Waals surface area contributed by atoms with E-state index >= 15 is 0 Å². The van der Waals surface area contributed by atoms with Gasteiger partial charge in [-0.15, -0.1) is 12.6 Å². The number of nitrogens with two attached hydrogens (primary N) is 1. The van der Waals surface area contributed by atoms with Gasteiger partial charge >= 0.3 is 5.97 Å². The van der Waals surface area contributed by atoms with Gasteiger partial charge in [-0.2, -0.15) is 0 Å². The van der Waals surface area contributed by atoms with E-state index in [2.05, 4.69) is 43.5 Å². The third-order valence-corrected chi connectivity index (χ3v) is 5.68. The Labute approximate surface area is 202 Å². The summed E-state index contributed by atoms with van der Waals surface area (Å²) in [6, 6.07) is 19.4. The first-order valence-corrected chi connectivity index (χ1v) is 11.7. The van der Waals surface area contributed by atoms with Crippen LogP contribution in [0.25, 0.3) is 11.1 Å². The molecule has 0 amide bonds. The molecule has 0 aliphatic carbocycles. The van der Waals surface area contributed by atoms with E-state index in [1.807, 2.05) is 36.4 Å². The normalized spacial score (nSPS) is 10.8. The minimum atomic E-state index is -0.942. The Balaban J connectivity index is 0.000000582. The van der Waals surface area contributed by atoms with Crippen molar-refractivity contribution in [3.8, 4) is 16.9 Å². The van der Waals surface area contributed by atoms with Crippen molar-refractivity contribution in [3.05, 3.63) is 71.8 Å². The van der Waals surface area contributed by atoms with Crippen molar-refractivity contribution in [2.75, 3.05) is 18.5 Å². The predicted molar refractivity (Wildman–Crippen MR) is 140 cm³/mol. The van der Waals surface area contributed by atoms with E-state index in [0.29, 0.717) is 5.56 Å². The lowest BCUT2D eigenvalue weighted by Crippen LogP contribution is -2.17. The van der Waals surface area contributed by atoms with Crippen LogP contribution in [-0.4, -0.2) is 24.7 Å². The number of anilines is 2. The van der Waals surface area contributed by atoms with Crippen molar-refractivity contribution in [2.45, 2.75) is 45.1 Å². The number of unbranched alkanes of at least 4 members (excludes halogenated alkanes) is 1. The number of thiol groups is 1. The Morgan fingerprint density at radius 3 is 2.24 bits per heavy atom. The number of benzene rings is 3. The molecule has 0 fully saturated rings. The first-order chi connectivity index (χ1) is 16.0. The number of carbonyl (C=O) groups is 1. The van der Waals surface area contributed by atoms with E-state index in [1.165, 1.54) is 19.9 Å². The summed E-state index contributed by atoms with van der Waals surface area (Å²) in [5.41, 5.74) is 9.29. The molecule has 0 unspecified atom stereocenters. The molecule has 3 aromatic rings. The summed E-state index contributed by atoms with van der Waals surface area (Å²) < 4.78 is 5.94. The Kier molecular flexibility index (Phi) is 10.3. The van der Waals surface area contributed by atoms with Crippen LogP contribution in [0.1, 0.15) is 49.5 Å². The Morgan fingerprint density at radius 2 is 1.67 bits per heavy atom. The maximum Gasteiger partial charge on any atom is 0.336 e. The van der Waals surface area contributed by atoms with Crippen LogP contribution < -0.4 is 15.4 Å². The number of carboxylic acids is 1. The number of fused-ring (bicyclic) bond motifs is 3. The SMILES string of the molecule is CCCC.CCN(c1ccccc1)c1cc2c(cc1S)-c1cccc(C(=O)O)c1CO2.CN. The van der Waals surface area contributed by atoms with Crippen LogP contribution in [0.15, 0.2) is 65.6 Å². The summed E-state index contributed by atoms with van der Waals surface area (Å²) in [6.07, 6.45) is 2.64. The van der Waals surface area contributed by atoms with Crippen molar-refractivity contribution < 1.29 is 14.6 Å². The Hall–Kier alpha value is -2.96. The van der Waals surface area contributed by atoms with Gasteiger partial charge < -0.3 is 20.5 Å². The van der Waals surface area contributed by atoms with E-state index in [1.54, 1.807) is 12.1 Å². The molecule has 0 saturated heterocycles. The standard InChI is InChI=1S/C22H19NO3S.C4H10.CH5N/c1-2-23(14-7-4-3-5-8-14)19-12-20-17(11-21(19)27)15-9-6-10-16(22(24)25)18(15)13-26-20;1-3-4-2;1-2/h3-12,27H,2,13H2,1H3,(H,24,25);3-4H2,1-2H3;2H2,1H3. The van der Waals surface area contributed by atoms with E-state index in [-0.39, 0.29) is 12.2 Å². The minimum Gasteiger partial charge on any atom is -0.488 e. The lowest BCUT2D eigenvalue weighted by atomic mass is 9.93. The molecule has 5 nitrogen and oxygen atoms in total. The number of ether oxygens (including phenoxy) is 1. The van der Waals surface area contributed by atoms with Gasteiger partial charge in [0.05, 0.1) is 11.3 Å². The third-order valence-electron chi connectivity index (χ3n) is 5.32. The molecule has 0 aromatic heterocycles. The summed E-state index contributed by atoms with van der Waals surface area (Å²) in [4.78, 5) is 14.5. The molecular weight excluding hydrogens is 432 g/mol. The van der Waals surface area contributed by atoms with Crippen LogP contribution in [0, 0.1) is 0 Å². The molecule has 3 aromatic carbocycles. The molecule has 1 heterocycles. The second kappa shape index (κ2) is 12.9. The lowest BCUT2D eigenvalue weighted by molar-refractivity contribution is 0.0694. The first kappa shape index (κ1) is 26.3. The van der Waals surface area contributed by atoms with Gasteiger partial charge in [0.15, 0.2) is 0 Å². The van der Waals surface area contributed by atoms with Crippen molar-refractivity contribution in [3.63, 3.8) is 0 Å². The molecule has 0 spiro atoms. The monoisotopic (exact) mass is 466 g/mol. The highest BCUT2D eigenvalue weighted by Crippen LogP contribution is 2.44. The molecule has 176 valence electrons. The largest absolute Gasteiger partial charge is 0.488 e. The highest BCUT2D eigenvalue weighted by atomic mass is 32.1. The molecule has 6 heteroatoms. The van der Waals surface area contributed by atoms with E-state index in [9.17, 15) is 9.90 Å². The number of aromatic carboxylic acids is 1. The van der Waals surface area contributed by atoms with Crippen LogP contribution in [0.2, 0.25) is 0 Å². The summed E-state index contributed by atoms with van der Waals surface area (Å²) in [5.74, 6) is -0.199. The van der Waals surface area contributed by atoms with Crippen LogP contribution in [-0.2, 0) is 6.61 Å². The average Bonchev–Trinajstić information content (AvgIpc) is 2.86. The van der Waals surface area contributed by atoms with Gasteiger partial charge in [0, 0.05) is 34.3 Å². The summed E-state index contributed by atoms with van der Waals surface area (Å²) >= 11 is 4.72. The average molecular weight is 467 g/mol. The van der Waals surface area contributed by atoms with Crippen LogP contribution in [0.5, 0.6) is 5.75 Å². The highest BCUT2D eigenvalue weighted by Gasteiger charge is 2.24. The van der Waals surface area contributed by atoms with Crippen molar-refractivity contribution in [1.29, 1.82) is 0 Å². The third kappa shape index (κ3) is 6.09. The van der Waals surface area contributed by atoms with Crippen LogP contribution >= 0.6 is 12.6 Å². The molecule has 0 bridgehead atoms. The van der Waals surface area contributed by atoms with Gasteiger partial charge in [0.25, 0.3) is 0 Å². The maximum absolute atomic E-state index is 11.5. The molecule has 1 aliphatic heterocycles. The molecule has 0 radical (unpaired) electrons. The number of hydrogen-bond donors (Lipinski definition) is 3. The minimum absolute atomic E-state index is 0.244. The first-order valence-electron chi connectivity index (χ1n) is 11.3. The van der Waals surface area contributed by atoms with Gasteiger partial charge in [-0.05, 0) is 43.8 Å². The number of hydrogen-bond acceptors (Lipinski definition) is 5. The molecule has 1 aliphatic rings. The Morgan fingerprint density at radius 1 is 1.00 bits per heavy atom. The second-order valence-electron chi connectivity index (χ2n) is 7.34. The fraction of sp³-hybridized carbons (Fsp3) is 0.296. The van der Waals surface area contributed by atoms with Gasteiger partial charge in [0.2, 0.25) is 0 Å². The highest BCUT2D eigenvalue weighted by molar-refractivity contribution is 7.80. The summed E-state index contributed by atoms with van der Waals surface area (Å²) in [5, 5.41) is 9.44. The quantitative estimate of drug-likeness (QED) is 0.362. The smallest absolute Gasteiger partial charge is 0.336 e. The van der Waals surface area contributed by atoms with Gasteiger partial charge in [-0.1, -0.05) is 57.0 Å². The van der Waals surface area contributed by atoms with Gasteiger partial charge in [-0.25, -0.2) is 4.79 Å². The fourth-order valence-electron chi connectivity index (χ4n) is 3.55. The maximum atomic E-state index is 11.5. The van der Waals surface area contributed by atoms with Crippen molar-refractivity contribution >= 4 is 30.0 Å². The zero-order valence-corrected chi connectivity index (χ0v) is 20.7. The second-order valence-corrected chi connectivity index (χ2v) is 7.82. The number of nitrogens with zero attached hydrogens (tertiary/aromatic N) is 1. The summed E-state index contributed by atoms with van der Waals surface area (Å²) in [6.45, 7) is 7.48. The fourth-order valence-corrected chi connectivity index (χ4v) is 3.86. The summed E-state index contributed by atoms with van der Waals surface area (Å²) in [7, 11) is 1.50. The topological polar surface area (TPSA) is 75.8 Å². The van der Waals surface area contributed by atoms with Gasteiger partial charge in [-0.3, -0.25) is 0 Å². The number of carboxylic acid groups (broad SMARTS) is 1. The number of para-hydroxylation sites is 1. The van der Waals surface area contributed by atoms with Gasteiger partial charge in [0.1, 0.15) is 12.4 Å². The zero-order valence-electron chi connectivity index (χ0n) is 19.8. The molecule has 3 N–H and O–H groups in total. The van der Waals surface area contributed by atoms with Crippen LogP contribution in [0.3, 0.4) is 0 Å². The molecule has 33 heavy (non-hydrogen) atoms. The lowest BCUT2D eigenvalue weighted by Gasteiger charge is -2.28. The molecule has 4 rings (SSSR count).